The predicted molar refractivity (Wildman–Crippen MR) is 196 cm³/mol. The summed E-state index contributed by atoms with van der Waals surface area (Å²) < 4.78 is 0. The van der Waals surface area contributed by atoms with Gasteiger partial charge in [0.25, 0.3) is 0 Å². The van der Waals surface area contributed by atoms with Crippen LogP contribution >= 0.6 is 0 Å². The summed E-state index contributed by atoms with van der Waals surface area (Å²) in [6.45, 7) is 0. The van der Waals surface area contributed by atoms with Crippen LogP contribution < -0.4 is 0 Å². The molecule has 9 aromatic rings. The average Bonchev–Trinajstić information content (AvgIpc) is 3.13. The Balaban J connectivity index is 0.00000324. The minimum Gasteiger partial charge on any atom is -0.209 e. The van der Waals surface area contributed by atoms with Gasteiger partial charge in [-0.25, -0.2) is 5.56 Å². The van der Waals surface area contributed by atoms with E-state index in [2.05, 4.69) is 170 Å². The summed E-state index contributed by atoms with van der Waals surface area (Å²) in [4.78, 5) is 0. The van der Waals surface area contributed by atoms with E-state index in [0.29, 0.717) is 0 Å². The molecule has 0 saturated heterocycles. The zero-order valence-corrected chi connectivity index (χ0v) is 28.6. The zero-order valence-electron chi connectivity index (χ0n) is 25.7. The van der Waals surface area contributed by atoms with E-state index in [0.717, 1.165) is 16.5 Å². The van der Waals surface area contributed by atoms with E-state index in [4.69, 9.17) is 0 Å². The Morgan fingerprint density at radius 3 is 1.66 bits per heavy atom. The molecule has 9 aromatic carbocycles. The minimum absolute atomic E-state index is 0. The Bertz CT molecular complexity index is 2520. The molecule has 0 heterocycles. The molecular formula is C46H28Y-2. The standard InChI is InChI=1S/C46H28.Y/c1-2-14-31(15-3-1)36-29-33-17-5-7-22-38(33)44(30-36)34-19-12-20-35(28-34)45-40-23-8-10-25-42(40)46(43-26-11-9-24-41(43)45)39-27-13-18-32-16-4-6-21-37(32)39;/h1-14,16-28,30H;/q-2;. The monoisotopic (exact) mass is 669 g/mol. The molecule has 0 saturated carbocycles. The fourth-order valence-corrected chi connectivity index (χ4v) is 7.19. The first-order valence-corrected chi connectivity index (χ1v) is 15.8. The zero-order chi connectivity index (χ0) is 30.5. The largest absolute Gasteiger partial charge is 0.209 e. The van der Waals surface area contributed by atoms with E-state index in [1.54, 1.807) is 0 Å². The van der Waals surface area contributed by atoms with Crippen molar-refractivity contribution >= 4 is 43.1 Å². The van der Waals surface area contributed by atoms with Crippen molar-refractivity contribution in [1.82, 2.24) is 0 Å². The molecular weight excluding hydrogens is 641 g/mol. The predicted octanol–water partition coefficient (Wildman–Crippen LogP) is 12.6. The average molecular weight is 670 g/mol. The summed E-state index contributed by atoms with van der Waals surface area (Å²) in [6, 6.07) is 68.3. The molecule has 9 rings (SSSR count). The topological polar surface area (TPSA) is 0 Å². The SMILES string of the molecule is [Y].[c-]1ccccc1-c1[c-]c2ccccc2c(-c2cccc(-c3c4ccccc4c(-c4cccc5ccccc45)c4ccccc34)c2)c1. The Hall–Kier alpha value is -4.88. The maximum Gasteiger partial charge on any atom is 0 e. The van der Waals surface area contributed by atoms with Gasteiger partial charge in [0.1, 0.15) is 0 Å². The first kappa shape index (κ1) is 29.5. The maximum atomic E-state index is 3.65. The second-order valence-electron chi connectivity index (χ2n) is 11.9. The van der Waals surface area contributed by atoms with Crippen molar-refractivity contribution in [3.05, 3.63) is 182 Å². The number of benzene rings is 9. The van der Waals surface area contributed by atoms with Gasteiger partial charge in [0.2, 0.25) is 0 Å². The van der Waals surface area contributed by atoms with Crippen LogP contribution in [0.4, 0.5) is 0 Å². The molecule has 47 heavy (non-hydrogen) atoms. The molecule has 0 N–H and O–H groups in total. The van der Waals surface area contributed by atoms with E-state index in [1.807, 2.05) is 12.1 Å². The van der Waals surface area contributed by atoms with E-state index in [1.165, 1.54) is 71.1 Å². The van der Waals surface area contributed by atoms with Gasteiger partial charge in [-0.05, 0) is 66.2 Å². The number of hydrogen-bond acceptors (Lipinski definition) is 0. The summed E-state index contributed by atoms with van der Waals surface area (Å²) in [5.74, 6) is 0. The Morgan fingerprint density at radius 2 is 0.936 bits per heavy atom. The molecule has 0 amide bonds. The third-order valence-electron chi connectivity index (χ3n) is 9.23. The van der Waals surface area contributed by atoms with Gasteiger partial charge in [-0.2, -0.15) is 42.0 Å². The molecule has 0 aliphatic heterocycles. The van der Waals surface area contributed by atoms with Gasteiger partial charge in [0.05, 0.1) is 0 Å². The van der Waals surface area contributed by atoms with E-state index >= 15 is 0 Å². The third kappa shape index (κ3) is 5.10. The molecule has 0 unspecified atom stereocenters. The van der Waals surface area contributed by atoms with Gasteiger partial charge in [-0.3, -0.25) is 0 Å². The molecule has 217 valence electrons. The Morgan fingerprint density at radius 1 is 0.362 bits per heavy atom. The normalized spacial score (nSPS) is 11.2. The quantitative estimate of drug-likeness (QED) is 0.129. The maximum absolute atomic E-state index is 3.65. The van der Waals surface area contributed by atoms with Crippen LogP contribution in [0.25, 0.3) is 87.6 Å². The van der Waals surface area contributed by atoms with Gasteiger partial charge in [0, 0.05) is 32.7 Å². The second kappa shape index (κ2) is 12.4. The van der Waals surface area contributed by atoms with Crippen molar-refractivity contribution in [3.63, 3.8) is 0 Å². The van der Waals surface area contributed by atoms with Gasteiger partial charge in [-0.15, -0.1) is 17.5 Å². The molecule has 1 radical (unpaired) electrons. The van der Waals surface area contributed by atoms with E-state index in [9.17, 15) is 0 Å². The smallest absolute Gasteiger partial charge is 0 e. The minimum atomic E-state index is 0. The van der Waals surface area contributed by atoms with Crippen LogP contribution in [0.1, 0.15) is 0 Å². The summed E-state index contributed by atoms with van der Waals surface area (Å²) in [5, 5.41) is 9.87. The summed E-state index contributed by atoms with van der Waals surface area (Å²) in [6.07, 6.45) is 0. The van der Waals surface area contributed by atoms with Crippen LogP contribution in [0.15, 0.2) is 170 Å². The summed E-state index contributed by atoms with van der Waals surface area (Å²) >= 11 is 0. The fourth-order valence-electron chi connectivity index (χ4n) is 7.19. The molecule has 0 bridgehead atoms. The number of fused-ring (bicyclic) bond motifs is 4. The van der Waals surface area contributed by atoms with Crippen molar-refractivity contribution in [3.8, 4) is 44.5 Å². The summed E-state index contributed by atoms with van der Waals surface area (Å²) in [5.41, 5.74) is 9.51. The number of rotatable bonds is 4. The van der Waals surface area contributed by atoms with Gasteiger partial charge in [-0.1, -0.05) is 138 Å². The van der Waals surface area contributed by atoms with Crippen molar-refractivity contribution in [1.29, 1.82) is 0 Å². The molecule has 0 spiro atoms. The fraction of sp³-hybridized carbons (Fsp3) is 0. The molecule has 1 heteroatoms. The van der Waals surface area contributed by atoms with Crippen LogP contribution in [0.5, 0.6) is 0 Å². The first-order chi connectivity index (χ1) is 22.8. The molecule has 0 fully saturated rings. The van der Waals surface area contributed by atoms with Crippen molar-refractivity contribution in [2.45, 2.75) is 0 Å². The Kier molecular flexibility index (Phi) is 7.78. The third-order valence-corrected chi connectivity index (χ3v) is 9.23. The second-order valence-corrected chi connectivity index (χ2v) is 11.9. The van der Waals surface area contributed by atoms with Crippen LogP contribution in [0.3, 0.4) is 0 Å². The van der Waals surface area contributed by atoms with Crippen molar-refractivity contribution < 1.29 is 32.7 Å². The van der Waals surface area contributed by atoms with Crippen LogP contribution in [0.2, 0.25) is 0 Å². The molecule has 0 aromatic heterocycles. The first-order valence-electron chi connectivity index (χ1n) is 15.8. The van der Waals surface area contributed by atoms with Gasteiger partial charge in [0.15, 0.2) is 0 Å². The van der Waals surface area contributed by atoms with Crippen LogP contribution in [-0.2, 0) is 32.7 Å². The van der Waals surface area contributed by atoms with Crippen molar-refractivity contribution in [2.75, 3.05) is 0 Å². The molecule has 0 nitrogen and oxygen atoms in total. The van der Waals surface area contributed by atoms with Crippen LogP contribution in [0, 0.1) is 12.1 Å². The van der Waals surface area contributed by atoms with E-state index in [-0.39, 0.29) is 32.7 Å². The van der Waals surface area contributed by atoms with Gasteiger partial charge >= 0.3 is 0 Å². The van der Waals surface area contributed by atoms with E-state index < -0.39 is 0 Å². The summed E-state index contributed by atoms with van der Waals surface area (Å²) in [7, 11) is 0. The van der Waals surface area contributed by atoms with Crippen molar-refractivity contribution in [2.24, 2.45) is 0 Å². The molecule has 0 aliphatic rings. The van der Waals surface area contributed by atoms with Crippen LogP contribution in [-0.4, -0.2) is 0 Å². The Labute approximate surface area is 300 Å². The molecule has 0 aliphatic carbocycles. The number of hydrogen-bond donors (Lipinski definition) is 0. The van der Waals surface area contributed by atoms with Gasteiger partial charge < -0.3 is 0 Å². The molecule has 0 atom stereocenters.